The monoisotopic (exact) mass is 580 g/mol. The lowest BCUT2D eigenvalue weighted by Gasteiger charge is -2.26. The minimum atomic E-state index is -0.992. The van der Waals surface area contributed by atoms with Gasteiger partial charge in [0.15, 0.2) is 0 Å². The first kappa shape index (κ1) is 32.4. The smallest absolute Gasteiger partial charge is 0.255 e. The highest BCUT2D eigenvalue weighted by Crippen LogP contribution is 2.20. The fourth-order valence-electron chi connectivity index (χ4n) is 4.60. The van der Waals surface area contributed by atoms with Crippen molar-refractivity contribution in [2.45, 2.75) is 65.0 Å². The normalized spacial score (nSPS) is 18.7. The average Bonchev–Trinajstić information content (AvgIpc) is 2.96. The minimum Gasteiger partial charge on any atom is -0.492 e. The molecule has 0 saturated heterocycles. The summed E-state index contributed by atoms with van der Waals surface area (Å²) in [6, 6.07) is 12.8. The van der Waals surface area contributed by atoms with E-state index in [-0.39, 0.29) is 62.4 Å². The molecule has 4 amide bonds. The summed E-state index contributed by atoms with van der Waals surface area (Å²) >= 11 is 0. The molecule has 2 aromatic carbocycles. The molecule has 0 fully saturated rings. The summed E-state index contributed by atoms with van der Waals surface area (Å²) in [6.07, 6.45) is 0.461. The van der Waals surface area contributed by atoms with Crippen LogP contribution in [0, 0.1) is 5.92 Å². The second-order valence-corrected chi connectivity index (χ2v) is 11.3. The van der Waals surface area contributed by atoms with Crippen molar-refractivity contribution in [2.75, 3.05) is 33.4 Å². The number of rotatable bonds is 8. The lowest BCUT2D eigenvalue weighted by Crippen LogP contribution is -2.50. The maximum absolute atomic E-state index is 13.3. The standard InChI is InChI=1S/C32H44N4O6/c1-21(2)20-27-32(40)36(5)17-19-42-28-9-7-6-8-25(28)30(38)35-26(14-15-29(37)34-27)31(39)33-16-18-41-24-12-10-23(11-13-24)22(3)4/h6-13,21-22,26-27H,14-20H2,1-5H3,(H,33,39)(H,34,37)(H,35,38)/t26-,27+/m0/s1. The van der Waals surface area contributed by atoms with Crippen LogP contribution in [0.3, 0.4) is 0 Å². The number of amides is 4. The van der Waals surface area contributed by atoms with Crippen LogP contribution in [0.4, 0.5) is 0 Å². The molecule has 10 heteroatoms. The summed E-state index contributed by atoms with van der Waals surface area (Å²) in [5, 5.41) is 8.40. The van der Waals surface area contributed by atoms with Crippen LogP contribution in [0.1, 0.15) is 68.8 Å². The third-order valence-corrected chi connectivity index (χ3v) is 7.03. The van der Waals surface area contributed by atoms with Crippen molar-refractivity contribution in [2.24, 2.45) is 5.92 Å². The van der Waals surface area contributed by atoms with E-state index in [0.717, 1.165) is 0 Å². The summed E-state index contributed by atoms with van der Waals surface area (Å²) in [5.74, 6) is 0.111. The third kappa shape index (κ3) is 9.78. The molecule has 2 aromatic rings. The number of ether oxygens (including phenoxy) is 2. The van der Waals surface area contributed by atoms with Crippen LogP contribution >= 0.6 is 0 Å². The van der Waals surface area contributed by atoms with E-state index in [1.165, 1.54) is 10.5 Å². The molecule has 1 aliphatic rings. The van der Waals surface area contributed by atoms with Gasteiger partial charge in [0.2, 0.25) is 17.7 Å². The topological polar surface area (TPSA) is 126 Å². The van der Waals surface area contributed by atoms with Gasteiger partial charge in [-0.05, 0) is 54.5 Å². The van der Waals surface area contributed by atoms with E-state index in [9.17, 15) is 19.2 Å². The quantitative estimate of drug-likeness (QED) is 0.412. The number of likely N-dealkylation sites (N-methyl/N-ethyl adjacent to an activating group) is 1. The Labute approximate surface area is 248 Å². The van der Waals surface area contributed by atoms with Crippen LogP contribution in [-0.4, -0.2) is 74.0 Å². The number of hydrogen-bond acceptors (Lipinski definition) is 6. The zero-order valence-electron chi connectivity index (χ0n) is 25.3. The number of nitrogens with zero attached hydrogens (tertiary/aromatic N) is 1. The number of carbonyl (C=O) groups excluding carboxylic acids is 4. The molecule has 42 heavy (non-hydrogen) atoms. The molecule has 3 N–H and O–H groups in total. The van der Waals surface area contributed by atoms with Gasteiger partial charge in [-0.25, -0.2) is 0 Å². The van der Waals surface area contributed by atoms with Crippen LogP contribution in [0.5, 0.6) is 11.5 Å². The lowest BCUT2D eigenvalue weighted by atomic mass is 10.0. The first-order valence-electron chi connectivity index (χ1n) is 14.6. The van der Waals surface area contributed by atoms with E-state index in [1.54, 1.807) is 31.3 Å². The number of hydrogen-bond donors (Lipinski definition) is 3. The predicted molar refractivity (Wildman–Crippen MR) is 160 cm³/mol. The molecule has 0 aromatic heterocycles. The van der Waals surface area contributed by atoms with Gasteiger partial charge >= 0.3 is 0 Å². The molecule has 2 atom stereocenters. The van der Waals surface area contributed by atoms with Crippen LogP contribution in [0.15, 0.2) is 48.5 Å². The van der Waals surface area contributed by atoms with Crippen molar-refractivity contribution in [3.8, 4) is 11.5 Å². The van der Waals surface area contributed by atoms with Crippen molar-refractivity contribution in [1.29, 1.82) is 0 Å². The van der Waals surface area contributed by atoms with E-state index in [4.69, 9.17) is 9.47 Å². The van der Waals surface area contributed by atoms with Crippen molar-refractivity contribution in [1.82, 2.24) is 20.9 Å². The van der Waals surface area contributed by atoms with Crippen molar-refractivity contribution in [3.63, 3.8) is 0 Å². The maximum atomic E-state index is 13.3. The maximum Gasteiger partial charge on any atom is 0.255 e. The molecule has 0 spiro atoms. The number of fused-ring (bicyclic) bond motifs is 1. The van der Waals surface area contributed by atoms with Gasteiger partial charge in [-0.3, -0.25) is 19.2 Å². The Kier molecular flexibility index (Phi) is 12.2. The summed E-state index contributed by atoms with van der Waals surface area (Å²) in [7, 11) is 1.66. The molecule has 0 unspecified atom stereocenters. The van der Waals surface area contributed by atoms with E-state index in [2.05, 4.69) is 29.8 Å². The van der Waals surface area contributed by atoms with E-state index in [0.29, 0.717) is 23.8 Å². The van der Waals surface area contributed by atoms with Gasteiger partial charge in [-0.15, -0.1) is 0 Å². The van der Waals surface area contributed by atoms with E-state index >= 15 is 0 Å². The highest BCUT2D eigenvalue weighted by atomic mass is 16.5. The molecule has 0 aliphatic carbocycles. The molecule has 0 saturated carbocycles. The molecule has 228 valence electrons. The zero-order chi connectivity index (χ0) is 30.6. The summed E-state index contributed by atoms with van der Waals surface area (Å²) in [4.78, 5) is 54.0. The van der Waals surface area contributed by atoms with Gasteiger partial charge in [0, 0.05) is 13.5 Å². The van der Waals surface area contributed by atoms with Gasteiger partial charge in [-0.2, -0.15) is 0 Å². The first-order valence-corrected chi connectivity index (χ1v) is 14.6. The number of benzene rings is 2. The molecule has 3 rings (SSSR count). The van der Waals surface area contributed by atoms with E-state index < -0.39 is 23.9 Å². The Bertz CT molecular complexity index is 1210. The highest BCUT2D eigenvalue weighted by Gasteiger charge is 2.28. The molecule has 0 radical (unpaired) electrons. The Morgan fingerprint density at radius 3 is 2.45 bits per heavy atom. The van der Waals surface area contributed by atoms with Gasteiger partial charge in [0.05, 0.1) is 18.7 Å². The summed E-state index contributed by atoms with van der Waals surface area (Å²) in [5.41, 5.74) is 1.47. The van der Waals surface area contributed by atoms with Crippen molar-refractivity contribution >= 4 is 23.6 Å². The Balaban J connectivity index is 1.71. The molecule has 1 heterocycles. The number of carbonyl (C=O) groups is 4. The van der Waals surface area contributed by atoms with Crippen LogP contribution in [-0.2, 0) is 14.4 Å². The van der Waals surface area contributed by atoms with Gasteiger partial charge in [0.1, 0.15) is 36.8 Å². The second kappa shape index (κ2) is 15.8. The molecular formula is C32H44N4O6. The number of nitrogens with one attached hydrogen (secondary N) is 3. The SMILES string of the molecule is CC(C)C[C@H]1NC(=O)CC[C@@H](C(=O)NCCOc2ccc(C(C)C)cc2)NC(=O)c2ccccc2OCCN(C)C1=O. The summed E-state index contributed by atoms with van der Waals surface area (Å²) in [6.45, 7) is 9.07. The van der Waals surface area contributed by atoms with Crippen LogP contribution in [0.25, 0.3) is 0 Å². The van der Waals surface area contributed by atoms with Crippen molar-refractivity contribution < 1.29 is 28.7 Å². The fourth-order valence-corrected chi connectivity index (χ4v) is 4.60. The third-order valence-electron chi connectivity index (χ3n) is 7.03. The van der Waals surface area contributed by atoms with Crippen molar-refractivity contribution in [3.05, 3.63) is 59.7 Å². The van der Waals surface area contributed by atoms with Gasteiger partial charge in [0.25, 0.3) is 5.91 Å². The second-order valence-electron chi connectivity index (χ2n) is 11.3. The molecular weight excluding hydrogens is 536 g/mol. The average molecular weight is 581 g/mol. The lowest BCUT2D eigenvalue weighted by molar-refractivity contribution is -0.136. The molecule has 0 bridgehead atoms. The predicted octanol–water partition coefficient (Wildman–Crippen LogP) is 3.27. The number of para-hydroxylation sites is 1. The highest BCUT2D eigenvalue weighted by molar-refractivity contribution is 5.99. The van der Waals surface area contributed by atoms with Gasteiger partial charge in [-0.1, -0.05) is 52.0 Å². The molecule has 10 nitrogen and oxygen atoms in total. The Morgan fingerprint density at radius 2 is 1.76 bits per heavy atom. The first-order chi connectivity index (χ1) is 20.0. The van der Waals surface area contributed by atoms with Gasteiger partial charge < -0.3 is 30.3 Å². The molecule has 1 aliphatic heterocycles. The zero-order valence-corrected chi connectivity index (χ0v) is 25.3. The van der Waals surface area contributed by atoms with Crippen LogP contribution < -0.4 is 25.4 Å². The minimum absolute atomic E-state index is 0.0440. The van der Waals surface area contributed by atoms with E-state index in [1.807, 2.05) is 38.1 Å². The summed E-state index contributed by atoms with van der Waals surface area (Å²) < 4.78 is 11.6. The Morgan fingerprint density at radius 1 is 1.05 bits per heavy atom. The largest absolute Gasteiger partial charge is 0.492 e. The Hall–Kier alpha value is -4.08. The fraction of sp³-hybridized carbons (Fsp3) is 0.500. The van der Waals surface area contributed by atoms with Crippen LogP contribution in [0.2, 0.25) is 0 Å².